The molecule has 0 spiro atoms. The Hall–Kier alpha value is -0.364. The van der Waals surface area contributed by atoms with Crippen molar-refractivity contribution in [3.8, 4) is 6.07 Å². The van der Waals surface area contributed by atoms with E-state index in [1.807, 2.05) is 0 Å². The molecule has 0 bridgehead atoms. The van der Waals surface area contributed by atoms with E-state index in [2.05, 4.69) is 0 Å². The number of nitriles is 1. The van der Waals surface area contributed by atoms with E-state index in [1.165, 1.54) is 0 Å². The van der Waals surface area contributed by atoms with E-state index in [1.54, 1.807) is 6.07 Å². The first-order valence-electron chi connectivity index (χ1n) is 2.84. The SMILES string of the molecule is N#CC1(N)N(N)N(N)N(N)N1N.[Co]. The van der Waals surface area contributed by atoms with Crippen LogP contribution in [0.15, 0.2) is 0 Å². The molecule has 13 heavy (non-hydrogen) atoms. The van der Waals surface area contributed by atoms with Crippen LogP contribution < -0.4 is 29.1 Å². The predicted octanol–water partition coefficient (Wildman–Crippen LogP) is -4.42. The average Bonchev–Trinajstić information content (AvgIpc) is 2.22. The zero-order valence-corrected chi connectivity index (χ0v) is 7.50. The smallest absolute Gasteiger partial charge is 0.273 e. The monoisotopic (exact) mass is 233 g/mol. The first-order chi connectivity index (χ1) is 5.45. The third kappa shape index (κ3) is 1.52. The van der Waals surface area contributed by atoms with Crippen LogP contribution in [0.4, 0.5) is 0 Å². The van der Waals surface area contributed by atoms with Crippen molar-refractivity contribution in [3.63, 3.8) is 0 Å². The number of nitrogens with two attached hydrogens (primary N) is 5. The maximum atomic E-state index is 8.62. The van der Waals surface area contributed by atoms with E-state index in [0.717, 1.165) is 0 Å². The van der Waals surface area contributed by atoms with Crippen molar-refractivity contribution in [2.45, 2.75) is 5.79 Å². The van der Waals surface area contributed by atoms with Gasteiger partial charge in [-0.05, 0) is 0 Å². The maximum Gasteiger partial charge on any atom is 0.273 e. The third-order valence-electron chi connectivity index (χ3n) is 1.51. The van der Waals surface area contributed by atoms with Gasteiger partial charge in [-0.15, -0.1) is 0 Å². The summed E-state index contributed by atoms with van der Waals surface area (Å²) in [5, 5.41) is 11.4. The minimum atomic E-state index is -1.77. The fourth-order valence-corrected chi connectivity index (χ4v) is 0.717. The van der Waals surface area contributed by atoms with Crippen molar-refractivity contribution in [2.75, 3.05) is 0 Å². The van der Waals surface area contributed by atoms with Crippen molar-refractivity contribution in [1.29, 1.82) is 5.26 Å². The van der Waals surface area contributed by atoms with Crippen molar-refractivity contribution >= 4 is 0 Å². The molecule has 1 aliphatic heterocycles. The topological polar surface area (TPSA) is 167 Å². The minimum Gasteiger partial charge on any atom is -0.284 e. The Morgan fingerprint density at radius 3 is 1.46 bits per heavy atom. The zero-order valence-electron chi connectivity index (χ0n) is 6.46. The van der Waals surface area contributed by atoms with Gasteiger partial charge < -0.3 is 0 Å². The normalized spacial score (nSPS) is 25.5. The molecule has 0 saturated carbocycles. The van der Waals surface area contributed by atoms with E-state index in [4.69, 9.17) is 34.4 Å². The summed E-state index contributed by atoms with van der Waals surface area (Å²) >= 11 is 0. The first-order valence-corrected chi connectivity index (χ1v) is 2.84. The fourth-order valence-electron chi connectivity index (χ4n) is 0.717. The van der Waals surface area contributed by atoms with Gasteiger partial charge in [0.25, 0.3) is 5.79 Å². The van der Waals surface area contributed by atoms with E-state index in [0.29, 0.717) is 20.7 Å². The molecule has 1 heterocycles. The summed E-state index contributed by atoms with van der Waals surface area (Å²) < 4.78 is 0. The molecule has 1 fully saturated rings. The van der Waals surface area contributed by atoms with E-state index in [9.17, 15) is 0 Å². The van der Waals surface area contributed by atoms with Gasteiger partial charge in [0.15, 0.2) is 0 Å². The molecule has 0 aromatic heterocycles. The first kappa shape index (κ1) is 12.6. The zero-order chi connectivity index (χ0) is 9.52. The van der Waals surface area contributed by atoms with Gasteiger partial charge in [0.1, 0.15) is 6.07 Å². The van der Waals surface area contributed by atoms with Crippen LogP contribution in [0.1, 0.15) is 0 Å². The largest absolute Gasteiger partial charge is 0.284 e. The molecule has 10 nitrogen and oxygen atoms in total. The summed E-state index contributed by atoms with van der Waals surface area (Å²) in [5.74, 6) is 19.3. The standard InChI is InChI=1S/C2H10N10.Co/c3-1-2(4)9(5)11(7)12(8)10(2)6;/h4-8H2;. The minimum absolute atomic E-state index is 0. The van der Waals surface area contributed by atoms with Crippen LogP contribution in [0.25, 0.3) is 0 Å². The van der Waals surface area contributed by atoms with E-state index < -0.39 is 5.79 Å². The molecule has 77 valence electrons. The summed E-state index contributed by atoms with van der Waals surface area (Å²) in [6, 6.07) is 1.64. The second-order valence-electron chi connectivity index (χ2n) is 2.17. The van der Waals surface area contributed by atoms with Crippen molar-refractivity contribution < 1.29 is 16.8 Å². The molecule has 0 aromatic carbocycles. The second-order valence-corrected chi connectivity index (χ2v) is 2.17. The number of nitrogens with zero attached hydrogens (tertiary/aromatic N) is 5. The average molecular weight is 233 g/mol. The predicted molar refractivity (Wildman–Crippen MR) is 36.6 cm³/mol. The quantitative estimate of drug-likeness (QED) is 0.257. The summed E-state index contributed by atoms with van der Waals surface area (Å²) in [5.41, 5.74) is 5.42. The Labute approximate surface area is 84.3 Å². The number of hydrogen-bond donors (Lipinski definition) is 5. The third-order valence-corrected chi connectivity index (χ3v) is 1.51. The van der Waals surface area contributed by atoms with E-state index in [-0.39, 0.29) is 16.8 Å². The van der Waals surface area contributed by atoms with Crippen LogP contribution >= 0.6 is 0 Å². The molecule has 0 amide bonds. The molecular weight excluding hydrogens is 223 g/mol. The molecule has 1 saturated heterocycles. The molecule has 0 unspecified atom stereocenters. The Balaban J connectivity index is 0.00000144. The van der Waals surface area contributed by atoms with Crippen molar-refractivity contribution in [1.82, 2.24) is 20.7 Å². The van der Waals surface area contributed by atoms with Gasteiger partial charge in [-0.3, -0.25) is 5.73 Å². The maximum absolute atomic E-state index is 8.62. The molecule has 0 aromatic rings. The van der Waals surface area contributed by atoms with Crippen LogP contribution in [-0.4, -0.2) is 26.5 Å². The Bertz CT molecular complexity index is 207. The van der Waals surface area contributed by atoms with Crippen molar-refractivity contribution in [3.05, 3.63) is 0 Å². The summed E-state index contributed by atoms with van der Waals surface area (Å²) in [6.45, 7) is 0. The fraction of sp³-hybridized carbons (Fsp3) is 0.500. The second kappa shape index (κ2) is 3.79. The number of hydrogen-bond acceptors (Lipinski definition) is 10. The summed E-state index contributed by atoms with van der Waals surface area (Å²) in [7, 11) is 0. The molecule has 1 aliphatic rings. The summed E-state index contributed by atoms with van der Waals surface area (Å²) in [4.78, 5) is 0. The van der Waals surface area contributed by atoms with Crippen LogP contribution in [0.5, 0.6) is 0 Å². The van der Waals surface area contributed by atoms with Gasteiger partial charge in [0, 0.05) is 16.8 Å². The number of hydrazine groups is 7. The van der Waals surface area contributed by atoms with Gasteiger partial charge in [0.05, 0.1) is 0 Å². The molecule has 11 heteroatoms. The van der Waals surface area contributed by atoms with Gasteiger partial charge in [0.2, 0.25) is 0 Å². The van der Waals surface area contributed by atoms with Gasteiger partial charge in [-0.1, -0.05) is 20.7 Å². The van der Waals surface area contributed by atoms with Crippen LogP contribution in [0, 0.1) is 11.3 Å². The van der Waals surface area contributed by atoms with Crippen molar-refractivity contribution in [2.24, 2.45) is 29.1 Å². The summed E-state index contributed by atoms with van der Waals surface area (Å²) in [6.07, 6.45) is 0. The number of rotatable bonds is 0. The molecule has 0 aliphatic carbocycles. The van der Waals surface area contributed by atoms with E-state index >= 15 is 0 Å². The van der Waals surface area contributed by atoms with Gasteiger partial charge in [-0.2, -0.15) is 5.26 Å². The molecule has 1 rings (SSSR count). The molecule has 10 N–H and O–H groups in total. The molecular formula is C2H10CoN10. The van der Waals surface area contributed by atoms with Gasteiger partial charge in [-0.25, -0.2) is 23.4 Å². The van der Waals surface area contributed by atoms with Crippen LogP contribution in [-0.2, 0) is 16.8 Å². The Morgan fingerprint density at radius 1 is 1.00 bits per heavy atom. The Kier molecular flexibility index (Phi) is 3.68. The van der Waals surface area contributed by atoms with Crippen LogP contribution in [0.3, 0.4) is 0 Å². The van der Waals surface area contributed by atoms with Crippen LogP contribution in [0.2, 0.25) is 0 Å². The molecule has 0 atom stereocenters. The molecule has 1 radical (unpaired) electrons. The Morgan fingerprint density at radius 2 is 1.31 bits per heavy atom. The van der Waals surface area contributed by atoms with Gasteiger partial charge >= 0.3 is 0 Å².